The SMILES string of the molecule is CCN(Cc1cccc2ccccc12)CC(C)(C)CN. The van der Waals surface area contributed by atoms with Gasteiger partial charge in [0.15, 0.2) is 0 Å². The first kappa shape index (κ1) is 15.0. The van der Waals surface area contributed by atoms with Crippen LogP contribution in [0.1, 0.15) is 26.3 Å². The number of benzene rings is 2. The summed E-state index contributed by atoms with van der Waals surface area (Å²) in [5, 5.41) is 2.68. The van der Waals surface area contributed by atoms with Gasteiger partial charge in [-0.25, -0.2) is 0 Å². The average Bonchev–Trinajstić information content (AvgIpc) is 2.46. The lowest BCUT2D eigenvalue weighted by Crippen LogP contribution is -2.38. The molecule has 2 aromatic carbocycles. The highest BCUT2D eigenvalue weighted by Crippen LogP contribution is 2.22. The molecule has 0 fully saturated rings. The van der Waals surface area contributed by atoms with Gasteiger partial charge < -0.3 is 5.73 Å². The van der Waals surface area contributed by atoms with Crippen LogP contribution in [0, 0.1) is 5.41 Å². The molecule has 2 heteroatoms. The molecule has 0 heterocycles. The summed E-state index contributed by atoms with van der Waals surface area (Å²) in [6, 6.07) is 15.2. The second-order valence-electron chi connectivity index (χ2n) is 6.31. The maximum atomic E-state index is 5.87. The zero-order chi connectivity index (χ0) is 14.6. The Morgan fingerprint density at radius 1 is 1.05 bits per heavy atom. The predicted molar refractivity (Wildman–Crippen MR) is 87.7 cm³/mol. The number of hydrogen-bond donors (Lipinski definition) is 1. The van der Waals surface area contributed by atoms with Crippen molar-refractivity contribution in [1.29, 1.82) is 0 Å². The van der Waals surface area contributed by atoms with E-state index in [0.29, 0.717) is 0 Å². The molecular weight excluding hydrogens is 244 g/mol. The Morgan fingerprint density at radius 3 is 2.45 bits per heavy atom. The van der Waals surface area contributed by atoms with Gasteiger partial charge in [0.1, 0.15) is 0 Å². The topological polar surface area (TPSA) is 29.3 Å². The molecule has 0 saturated heterocycles. The third kappa shape index (κ3) is 3.59. The third-order valence-electron chi connectivity index (χ3n) is 3.93. The first-order chi connectivity index (χ1) is 9.55. The molecule has 0 saturated carbocycles. The van der Waals surface area contributed by atoms with E-state index in [9.17, 15) is 0 Å². The highest BCUT2D eigenvalue weighted by atomic mass is 15.1. The minimum absolute atomic E-state index is 0.167. The second-order valence-corrected chi connectivity index (χ2v) is 6.31. The van der Waals surface area contributed by atoms with Gasteiger partial charge in [0.2, 0.25) is 0 Å². The molecule has 0 bridgehead atoms. The Balaban J connectivity index is 2.22. The summed E-state index contributed by atoms with van der Waals surface area (Å²) in [6.45, 7) is 10.5. The molecule has 2 N–H and O–H groups in total. The van der Waals surface area contributed by atoms with Crippen molar-refractivity contribution in [2.45, 2.75) is 27.3 Å². The number of hydrogen-bond acceptors (Lipinski definition) is 2. The van der Waals surface area contributed by atoms with Crippen LogP contribution in [0.25, 0.3) is 10.8 Å². The molecule has 2 aromatic rings. The fourth-order valence-electron chi connectivity index (χ4n) is 2.62. The average molecular weight is 270 g/mol. The lowest BCUT2D eigenvalue weighted by atomic mass is 9.92. The van der Waals surface area contributed by atoms with E-state index in [0.717, 1.165) is 26.2 Å². The Hall–Kier alpha value is -1.38. The smallest absolute Gasteiger partial charge is 0.0240 e. The predicted octanol–water partition coefficient (Wildman–Crippen LogP) is 3.65. The van der Waals surface area contributed by atoms with E-state index in [4.69, 9.17) is 5.73 Å². The van der Waals surface area contributed by atoms with Crippen LogP contribution in [-0.2, 0) is 6.54 Å². The van der Waals surface area contributed by atoms with Gasteiger partial charge >= 0.3 is 0 Å². The van der Waals surface area contributed by atoms with Crippen molar-refractivity contribution in [3.63, 3.8) is 0 Å². The van der Waals surface area contributed by atoms with Crippen molar-refractivity contribution >= 4 is 10.8 Å². The van der Waals surface area contributed by atoms with Crippen LogP contribution in [0.2, 0.25) is 0 Å². The molecule has 0 amide bonds. The molecule has 0 radical (unpaired) electrons. The van der Waals surface area contributed by atoms with Crippen molar-refractivity contribution in [2.75, 3.05) is 19.6 Å². The number of nitrogens with zero attached hydrogens (tertiary/aromatic N) is 1. The maximum absolute atomic E-state index is 5.87. The van der Waals surface area contributed by atoms with Crippen LogP contribution in [0.4, 0.5) is 0 Å². The molecular formula is C18H26N2. The van der Waals surface area contributed by atoms with Crippen molar-refractivity contribution < 1.29 is 0 Å². The summed E-state index contributed by atoms with van der Waals surface area (Å²) in [7, 11) is 0. The van der Waals surface area contributed by atoms with Gasteiger partial charge in [-0.3, -0.25) is 4.90 Å². The molecule has 108 valence electrons. The highest BCUT2D eigenvalue weighted by molar-refractivity contribution is 5.85. The molecule has 0 aromatic heterocycles. The second kappa shape index (κ2) is 6.38. The zero-order valence-electron chi connectivity index (χ0n) is 12.9. The van der Waals surface area contributed by atoms with Crippen LogP contribution in [0.15, 0.2) is 42.5 Å². The van der Waals surface area contributed by atoms with E-state index in [1.54, 1.807) is 0 Å². The van der Waals surface area contributed by atoms with Gasteiger partial charge in [0.05, 0.1) is 0 Å². The molecule has 0 atom stereocenters. The summed E-state index contributed by atoms with van der Waals surface area (Å²) < 4.78 is 0. The standard InChI is InChI=1S/C18H26N2/c1-4-20(14-18(2,3)13-19)12-16-10-7-9-15-8-5-6-11-17(15)16/h5-11H,4,12-14,19H2,1-3H3. The van der Waals surface area contributed by atoms with E-state index in [2.05, 4.69) is 68.1 Å². The summed E-state index contributed by atoms with van der Waals surface area (Å²) >= 11 is 0. The highest BCUT2D eigenvalue weighted by Gasteiger charge is 2.19. The van der Waals surface area contributed by atoms with Crippen LogP contribution < -0.4 is 5.73 Å². The first-order valence-corrected chi connectivity index (χ1v) is 7.45. The van der Waals surface area contributed by atoms with Crippen LogP contribution >= 0.6 is 0 Å². The monoisotopic (exact) mass is 270 g/mol. The van der Waals surface area contributed by atoms with Gasteiger partial charge in [-0.2, -0.15) is 0 Å². The zero-order valence-corrected chi connectivity index (χ0v) is 12.9. The molecule has 2 nitrogen and oxygen atoms in total. The van der Waals surface area contributed by atoms with E-state index in [1.807, 2.05) is 0 Å². The van der Waals surface area contributed by atoms with Crippen LogP contribution in [0.3, 0.4) is 0 Å². The fraction of sp³-hybridized carbons (Fsp3) is 0.444. The first-order valence-electron chi connectivity index (χ1n) is 7.45. The maximum Gasteiger partial charge on any atom is 0.0240 e. The van der Waals surface area contributed by atoms with Gasteiger partial charge in [-0.05, 0) is 34.8 Å². The summed E-state index contributed by atoms with van der Waals surface area (Å²) in [5.41, 5.74) is 7.43. The van der Waals surface area contributed by atoms with Crippen molar-refractivity contribution in [2.24, 2.45) is 11.1 Å². The Bertz CT molecular complexity index is 555. The Morgan fingerprint density at radius 2 is 1.75 bits per heavy atom. The van der Waals surface area contributed by atoms with E-state index in [-0.39, 0.29) is 5.41 Å². The van der Waals surface area contributed by atoms with Crippen LogP contribution in [0.5, 0.6) is 0 Å². The molecule has 0 aliphatic heterocycles. The number of fused-ring (bicyclic) bond motifs is 1. The minimum atomic E-state index is 0.167. The molecule has 0 aliphatic rings. The minimum Gasteiger partial charge on any atom is -0.330 e. The summed E-state index contributed by atoms with van der Waals surface area (Å²) in [6.07, 6.45) is 0. The van der Waals surface area contributed by atoms with Crippen molar-refractivity contribution in [3.8, 4) is 0 Å². The molecule has 0 aliphatic carbocycles. The molecule has 0 unspecified atom stereocenters. The van der Waals surface area contributed by atoms with E-state index < -0.39 is 0 Å². The van der Waals surface area contributed by atoms with Gasteiger partial charge in [0.25, 0.3) is 0 Å². The van der Waals surface area contributed by atoms with Gasteiger partial charge in [0, 0.05) is 13.1 Å². The molecule has 0 spiro atoms. The van der Waals surface area contributed by atoms with E-state index in [1.165, 1.54) is 16.3 Å². The Kier molecular flexibility index (Phi) is 4.79. The lowest BCUT2D eigenvalue weighted by Gasteiger charge is -2.31. The largest absolute Gasteiger partial charge is 0.330 e. The molecule has 20 heavy (non-hydrogen) atoms. The van der Waals surface area contributed by atoms with Crippen LogP contribution in [-0.4, -0.2) is 24.5 Å². The number of rotatable bonds is 6. The third-order valence-corrected chi connectivity index (χ3v) is 3.93. The summed E-state index contributed by atoms with van der Waals surface area (Å²) in [4.78, 5) is 2.48. The number of nitrogens with two attached hydrogens (primary N) is 1. The fourth-order valence-corrected chi connectivity index (χ4v) is 2.62. The normalized spacial score (nSPS) is 12.2. The Labute approximate surface area is 122 Å². The summed E-state index contributed by atoms with van der Waals surface area (Å²) in [5.74, 6) is 0. The molecule has 2 rings (SSSR count). The van der Waals surface area contributed by atoms with Crippen molar-refractivity contribution in [1.82, 2.24) is 4.90 Å². The quantitative estimate of drug-likeness (QED) is 0.868. The van der Waals surface area contributed by atoms with Crippen molar-refractivity contribution in [3.05, 3.63) is 48.0 Å². The van der Waals surface area contributed by atoms with Gasteiger partial charge in [-0.15, -0.1) is 0 Å². The van der Waals surface area contributed by atoms with Gasteiger partial charge in [-0.1, -0.05) is 63.2 Å². The lowest BCUT2D eigenvalue weighted by molar-refractivity contribution is 0.184. The van der Waals surface area contributed by atoms with E-state index >= 15 is 0 Å².